The van der Waals surface area contributed by atoms with Crippen molar-refractivity contribution < 1.29 is 9.52 Å². The standard InChI is InChI=1S/C10H15ClO2/c1-3-7(2)6-8(12)9-4-5-10(11)13-9/h4-5,7-8,12H,3,6H2,1-2H3. The molecule has 0 amide bonds. The van der Waals surface area contributed by atoms with Gasteiger partial charge in [-0.25, -0.2) is 0 Å². The third-order valence-corrected chi connectivity index (χ3v) is 2.45. The molecule has 2 nitrogen and oxygen atoms in total. The largest absolute Gasteiger partial charge is 0.447 e. The molecule has 1 N–H and O–H groups in total. The Labute approximate surface area is 83.5 Å². The van der Waals surface area contributed by atoms with Gasteiger partial charge in [-0.05, 0) is 36.1 Å². The maximum absolute atomic E-state index is 9.68. The molecule has 0 aromatic carbocycles. The molecule has 1 heterocycles. The van der Waals surface area contributed by atoms with E-state index in [1.807, 2.05) is 0 Å². The van der Waals surface area contributed by atoms with Crippen LogP contribution in [0, 0.1) is 5.92 Å². The van der Waals surface area contributed by atoms with Crippen LogP contribution in [0.4, 0.5) is 0 Å². The smallest absolute Gasteiger partial charge is 0.193 e. The highest BCUT2D eigenvalue weighted by atomic mass is 35.5. The number of aliphatic hydroxyl groups is 1. The highest BCUT2D eigenvalue weighted by Gasteiger charge is 2.14. The van der Waals surface area contributed by atoms with Crippen molar-refractivity contribution in [3.63, 3.8) is 0 Å². The van der Waals surface area contributed by atoms with Gasteiger partial charge in [0.1, 0.15) is 11.9 Å². The van der Waals surface area contributed by atoms with Crippen molar-refractivity contribution in [1.29, 1.82) is 0 Å². The molecule has 74 valence electrons. The van der Waals surface area contributed by atoms with Crippen LogP contribution in [0.15, 0.2) is 16.5 Å². The van der Waals surface area contributed by atoms with Crippen LogP contribution in [0.3, 0.4) is 0 Å². The van der Waals surface area contributed by atoms with E-state index in [-0.39, 0.29) is 0 Å². The number of halogens is 1. The molecule has 0 saturated heterocycles. The lowest BCUT2D eigenvalue weighted by Gasteiger charge is -2.12. The minimum absolute atomic E-state index is 0.332. The van der Waals surface area contributed by atoms with E-state index in [1.54, 1.807) is 12.1 Å². The highest BCUT2D eigenvalue weighted by Crippen LogP contribution is 2.25. The first-order chi connectivity index (χ1) is 6.13. The average Bonchev–Trinajstić information content (AvgIpc) is 2.51. The third kappa shape index (κ3) is 3.05. The van der Waals surface area contributed by atoms with Gasteiger partial charge in [-0.1, -0.05) is 20.3 Å². The van der Waals surface area contributed by atoms with Gasteiger partial charge in [0.15, 0.2) is 5.22 Å². The molecule has 0 bridgehead atoms. The van der Waals surface area contributed by atoms with Crippen molar-refractivity contribution in [3.8, 4) is 0 Å². The maximum atomic E-state index is 9.68. The summed E-state index contributed by atoms with van der Waals surface area (Å²) in [5.41, 5.74) is 0. The van der Waals surface area contributed by atoms with E-state index in [0.717, 1.165) is 12.8 Å². The molecule has 0 radical (unpaired) electrons. The minimum Gasteiger partial charge on any atom is -0.447 e. The molecule has 2 unspecified atom stereocenters. The Hall–Kier alpha value is -0.470. The van der Waals surface area contributed by atoms with Crippen molar-refractivity contribution >= 4 is 11.6 Å². The summed E-state index contributed by atoms with van der Waals surface area (Å²) >= 11 is 5.60. The monoisotopic (exact) mass is 202 g/mol. The summed E-state index contributed by atoms with van der Waals surface area (Å²) in [6.07, 6.45) is 1.26. The van der Waals surface area contributed by atoms with Crippen LogP contribution in [0.5, 0.6) is 0 Å². The first-order valence-corrected chi connectivity index (χ1v) is 4.94. The second-order valence-electron chi connectivity index (χ2n) is 3.41. The number of furan rings is 1. The van der Waals surface area contributed by atoms with Gasteiger partial charge in [-0.2, -0.15) is 0 Å². The summed E-state index contributed by atoms with van der Waals surface area (Å²) in [4.78, 5) is 0. The molecule has 0 fully saturated rings. The van der Waals surface area contributed by atoms with Crippen molar-refractivity contribution in [2.45, 2.75) is 32.8 Å². The molecule has 1 rings (SSSR count). The molecule has 0 saturated carbocycles. The zero-order valence-corrected chi connectivity index (χ0v) is 8.71. The number of hydrogen-bond acceptors (Lipinski definition) is 2. The number of rotatable bonds is 4. The van der Waals surface area contributed by atoms with Gasteiger partial charge < -0.3 is 9.52 Å². The Morgan fingerprint density at radius 3 is 2.69 bits per heavy atom. The Morgan fingerprint density at radius 2 is 2.23 bits per heavy atom. The van der Waals surface area contributed by atoms with Gasteiger partial charge in [-0.3, -0.25) is 0 Å². The van der Waals surface area contributed by atoms with Crippen LogP contribution in [-0.4, -0.2) is 5.11 Å². The maximum Gasteiger partial charge on any atom is 0.193 e. The van der Waals surface area contributed by atoms with Crippen molar-refractivity contribution in [2.24, 2.45) is 5.92 Å². The van der Waals surface area contributed by atoms with Gasteiger partial charge in [0.05, 0.1) is 0 Å². The summed E-state index contributed by atoms with van der Waals surface area (Å²) in [5.74, 6) is 1.06. The van der Waals surface area contributed by atoms with E-state index in [2.05, 4.69) is 13.8 Å². The molecule has 1 aromatic rings. The van der Waals surface area contributed by atoms with Crippen molar-refractivity contribution in [1.82, 2.24) is 0 Å². The predicted octanol–water partition coefficient (Wildman–Crippen LogP) is 3.40. The van der Waals surface area contributed by atoms with E-state index in [1.165, 1.54) is 0 Å². The molecule has 0 aliphatic carbocycles. The lowest BCUT2D eigenvalue weighted by Crippen LogP contribution is -2.02. The fourth-order valence-electron chi connectivity index (χ4n) is 1.17. The van der Waals surface area contributed by atoms with Gasteiger partial charge in [0, 0.05) is 0 Å². The molecule has 2 atom stereocenters. The van der Waals surface area contributed by atoms with Crippen LogP contribution in [0.25, 0.3) is 0 Å². The van der Waals surface area contributed by atoms with Crippen LogP contribution < -0.4 is 0 Å². The van der Waals surface area contributed by atoms with E-state index >= 15 is 0 Å². The van der Waals surface area contributed by atoms with Gasteiger partial charge in [0.2, 0.25) is 0 Å². The molecule has 0 spiro atoms. The zero-order valence-electron chi connectivity index (χ0n) is 7.96. The second-order valence-corrected chi connectivity index (χ2v) is 3.78. The SMILES string of the molecule is CCC(C)CC(O)c1ccc(Cl)o1. The summed E-state index contributed by atoms with van der Waals surface area (Å²) in [5, 5.41) is 10.0. The Balaban J connectivity index is 2.53. The molecular formula is C10H15ClO2. The van der Waals surface area contributed by atoms with Crippen molar-refractivity contribution in [2.75, 3.05) is 0 Å². The van der Waals surface area contributed by atoms with Crippen LogP contribution in [0.2, 0.25) is 5.22 Å². The van der Waals surface area contributed by atoms with E-state index in [4.69, 9.17) is 16.0 Å². The minimum atomic E-state index is -0.526. The highest BCUT2D eigenvalue weighted by molar-refractivity contribution is 6.28. The third-order valence-electron chi connectivity index (χ3n) is 2.24. The number of hydrogen-bond donors (Lipinski definition) is 1. The first kappa shape index (κ1) is 10.6. The Bertz CT molecular complexity index is 257. The zero-order chi connectivity index (χ0) is 9.84. The number of aliphatic hydroxyl groups excluding tert-OH is 1. The Morgan fingerprint density at radius 1 is 1.54 bits per heavy atom. The normalized spacial score (nSPS) is 15.7. The van der Waals surface area contributed by atoms with Gasteiger partial charge in [0.25, 0.3) is 0 Å². The first-order valence-electron chi connectivity index (χ1n) is 4.56. The Kier molecular flexibility index (Phi) is 3.82. The predicted molar refractivity (Wildman–Crippen MR) is 52.7 cm³/mol. The van der Waals surface area contributed by atoms with Crippen LogP contribution >= 0.6 is 11.6 Å². The summed E-state index contributed by atoms with van der Waals surface area (Å²) in [6, 6.07) is 3.37. The average molecular weight is 203 g/mol. The van der Waals surface area contributed by atoms with Crippen LogP contribution in [-0.2, 0) is 0 Å². The second kappa shape index (κ2) is 4.68. The molecule has 1 aromatic heterocycles. The summed E-state index contributed by atoms with van der Waals surface area (Å²) in [7, 11) is 0. The topological polar surface area (TPSA) is 33.4 Å². The molecule has 13 heavy (non-hydrogen) atoms. The van der Waals surface area contributed by atoms with E-state index < -0.39 is 6.10 Å². The van der Waals surface area contributed by atoms with Crippen molar-refractivity contribution in [3.05, 3.63) is 23.1 Å². The fourth-order valence-corrected chi connectivity index (χ4v) is 1.32. The van der Waals surface area contributed by atoms with Crippen LogP contribution in [0.1, 0.15) is 38.6 Å². The molecule has 3 heteroatoms. The molecule has 0 aliphatic rings. The van der Waals surface area contributed by atoms with E-state index in [9.17, 15) is 5.11 Å². The quantitative estimate of drug-likeness (QED) is 0.812. The lowest BCUT2D eigenvalue weighted by molar-refractivity contribution is 0.122. The van der Waals surface area contributed by atoms with Gasteiger partial charge >= 0.3 is 0 Å². The fraction of sp³-hybridized carbons (Fsp3) is 0.600. The lowest BCUT2D eigenvalue weighted by atomic mass is 10.00. The summed E-state index contributed by atoms with van der Waals surface area (Å²) < 4.78 is 5.11. The van der Waals surface area contributed by atoms with Gasteiger partial charge in [-0.15, -0.1) is 0 Å². The summed E-state index contributed by atoms with van der Waals surface area (Å²) in [6.45, 7) is 4.21. The molecule has 0 aliphatic heterocycles. The van der Waals surface area contributed by atoms with E-state index in [0.29, 0.717) is 16.9 Å². The molecular weight excluding hydrogens is 188 g/mol.